The molecule has 4 heteroatoms. The van der Waals surface area contributed by atoms with Gasteiger partial charge in [0.05, 0.1) is 0 Å². The van der Waals surface area contributed by atoms with Crippen molar-refractivity contribution in [2.45, 2.75) is 32.6 Å². The topological polar surface area (TPSA) is 13.0 Å². The van der Waals surface area contributed by atoms with E-state index in [-0.39, 0.29) is 0 Å². The van der Waals surface area contributed by atoms with Crippen molar-refractivity contribution in [3.8, 4) is 0 Å². The Kier molecular flexibility index (Phi) is 6.75. The summed E-state index contributed by atoms with van der Waals surface area (Å²) >= 11 is 0. The molecule has 0 radical (unpaired) electrons. The maximum atomic E-state index is 2.77. The van der Waals surface area contributed by atoms with E-state index in [1.165, 1.54) is 97.7 Å². The molecular formula is C19H38N4. The molecule has 0 saturated carbocycles. The third-order valence-electron chi connectivity index (χ3n) is 6.39. The predicted octanol–water partition coefficient (Wildman–Crippen LogP) is 1.68. The van der Waals surface area contributed by atoms with Gasteiger partial charge in [-0.3, -0.25) is 0 Å². The van der Waals surface area contributed by atoms with Gasteiger partial charge >= 0.3 is 0 Å². The summed E-state index contributed by atoms with van der Waals surface area (Å²) in [6, 6.07) is 0. The average molecular weight is 323 g/mol. The van der Waals surface area contributed by atoms with Gasteiger partial charge in [-0.05, 0) is 70.7 Å². The molecule has 3 fully saturated rings. The molecule has 0 aromatic carbocycles. The molecule has 1 atom stereocenters. The van der Waals surface area contributed by atoms with E-state index in [0.29, 0.717) is 0 Å². The van der Waals surface area contributed by atoms with E-state index in [1.807, 2.05) is 0 Å². The van der Waals surface area contributed by atoms with E-state index in [2.05, 4.69) is 33.6 Å². The zero-order chi connectivity index (χ0) is 16.1. The minimum atomic E-state index is 0.929. The average Bonchev–Trinajstić information content (AvgIpc) is 2.59. The molecule has 134 valence electrons. The van der Waals surface area contributed by atoms with Gasteiger partial charge in [0.15, 0.2) is 0 Å². The van der Waals surface area contributed by atoms with Crippen molar-refractivity contribution in [3.05, 3.63) is 0 Å². The van der Waals surface area contributed by atoms with E-state index < -0.39 is 0 Å². The Morgan fingerprint density at radius 3 is 2.04 bits per heavy atom. The Balaban J connectivity index is 1.34. The minimum Gasteiger partial charge on any atom is -0.304 e. The molecule has 0 aromatic rings. The summed E-state index contributed by atoms with van der Waals surface area (Å²) in [6.45, 7) is 16.7. The Morgan fingerprint density at radius 1 is 0.696 bits per heavy atom. The Labute approximate surface area is 143 Å². The van der Waals surface area contributed by atoms with E-state index in [9.17, 15) is 0 Å². The third-order valence-corrected chi connectivity index (χ3v) is 6.39. The van der Waals surface area contributed by atoms with Gasteiger partial charge in [-0.15, -0.1) is 0 Å². The monoisotopic (exact) mass is 322 g/mol. The lowest BCUT2D eigenvalue weighted by atomic mass is 9.93. The summed E-state index contributed by atoms with van der Waals surface area (Å²) < 4.78 is 0. The lowest BCUT2D eigenvalue weighted by molar-refractivity contribution is 0.0869. The first-order chi connectivity index (χ1) is 11.2. The highest BCUT2D eigenvalue weighted by Gasteiger charge is 2.26. The highest BCUT2D eigenvalue weighted by atomic mass is 15.2. The van der Waals surface area contributed by atoms with Crippen molar-refractivity contribution in [2.75, 3.05) is 79.0 Å². The normalized spacial score (nSPS) is 30.8. The van der Waals surface area contributed by atoms with Gasteiger partial charge in [-0.25, -0.2) is 0 Å². The molecule has 0 amide bonds. The second kappa shape index (κ2) is 8.80. The SMILES string of the molecule is CCN1CCCC(CN2CCC(CN3CCN(C)CC3)CC2)C1. The standard InChI is InChI=1S/C19H38N4/c1-3-21-8-4-5-19(16-21)17-22-9-6-18(7-10-22)15-23-13-11-20(2)12-14-23/h18-19H,3-17H2,1-2H3. The second-order valence-electron chi connectivity index (χ2n) is 8.25. The summed E-state index contributed by atoms with van der Waals surface area (Å²) in [7, 11) is 2.25. The van der Waals surface area contributed by atoms with Crippen LogP contribution in [0.2, 0.25) is 0 Å². The van der Waals surface area contributed by atoms with Crippen molar-refractivity contribution >= 4 is 0 Å². The van der Waals surface area contributed by atoms with Crippen LogP contribution in [0.15, 0.2) is 0 Å². The summed E-state index contributed by atoms with van der Waals surface area (Å²) in [5.74, 6) is 1.88. The number of rotatable bonds is 5. The van der Waals surface area contributed by atoms with Crippen molar-refractivity contribution in [2.24, 2.45) is 11.8 Å². The first-order valence-electron chi connectivity index (χ1n) is 10.1. The van der Waals surface area contributed by atoms with Crippen LogP contribution in [-0.2, 0) is 0 Å². The van der Waals surface area contributed by atoms with Gasteiger partial charge in [-0.2, -0.15) is 0 Å². The van der Waals surface area contributed by atoms with Gasteiger partial charge in [0.1, 0.15) is 0 Å². The van der Waals surface area contributed by atoms with Crippen molar-refractivity contribution < 1.29 is 0 Å². The van der Waals surface area contributed by atoms with Crippen LogP contribution in [0.25, 0.3) is 0 Å². The molecule has 0 aliphatic carbocycles. The number of nitrogens with zero attached hydrogens (tertiary/aromatic N) is 4. The Hall–Kier alpha value is -0.160. The van der Waals surface area contributed by atoms with Gasteiger partial charge in [0.2, 0.25) is 0 Å². The van der Waals surface area contributed by atoms with Gasteiger partial charge < -0.3 is 19.6 Å². The number of hydrogen-bond acceptors (Lipinski definition) is 4. The van der Waals surface area contributed by atoms with Crippen LogP contribution in [0, 0.1) is 11.8 Å². The van der Waals surface area contributed by atoms with Crippen LogP contribution in [0.3, 0.4) is 0 Å². The molecule has 0 spiro atoms. The molecule has 1 unspecified atom stereocenters. The molecule has 3 rings (SSSR count). The maximum absolute atomic E-state index is 2.77. The molecule has 3 aliphatic heterocycles. The highest BCUT2D eigenvalue weighted by Crippen LogP contribution is 2.23. The summed E-state index contributed by atoms with van der Waals surface area (Å²) in [5, 5.41) is 0. The first kappa shape index (κ1) is 17.7. The fraction of sp³-hybridized carbons (Fsp3) is 1.00. The fourth-order valence-electron chi connectivity index (χ4n) is 4.70. The zero-order valence-corrected chi connectivity index (χ0v) is 15.6. The molecule has 3 heterocycles. The fourth-order valence-corrected chi connectivity index (χ4v) is 4.70. The number of likely N-dealkylation sites (tertiary alicyclic amines) is 2. The summed E-state index contributed by atoms with van der Waals surface area (Å²) in [6.07, 6.45) is 5.73. The molecule has 0 aromatic heterocycles. The highest BCUT2D eigenvalue weighted by molar-refractivity contribution is 4.81. The molecule has 0 bridgehead atoms. The van der Waals surface area contributed by atoms with Crippen molar-refractivity contribution in [3.63, 3.8) is 0 Å². The second-order valence-corrected chi connectivity index (χ2v) is 8.25. The number of likely N-dealkylation sites (N-methyl/N-ethyl adjacent to an activating group) is 1. The van der Waals surface area contributed by atoms with Crippen LogP contribution in [0.4, 0.5) is 0 Å². The van der Waals surface area contributed by atoms with Gasteiger partial charge in [0, 0.05) is 45.8 Å². The summed E-state index contributed by atoms with van der Waals surface area (Å²) in [5.41, 5.74) is 0. The van der Waals surface area contributed by atoms with Crippen LogP contribution in [0.1, 0.15) is 32.6 Å². The van der Waals surface area contributed by atoms with E-state index in [0.717, 1.165) is 11.8 Å². The number of piperidine rings is 2. The van der Waals surface area contributed by atoms with Gasteiger partial charge in [0.25, 0.3) is 0 Å². The number of piperazine rings is 1. The van der Waals surface area contributed by atoms with E-state index in [4.69, 9.17) is 0 Å². The first-order valence-corrected chi connectivity index (χ1v) is 10.1. The molecule has 3 saturated heterocycles. The molecule has 23 heavy (non-hydrogen) atoms. The third kappa shape index (κ3) is 5.42. The van der Waals surface area contributed by atoms with Crippen LogP contribution < -0.4 is 0 Å². The lowest BCUT2D eigenvalue weighted by Gasteiger charge is -2.40. The number of hydrogen-bond donors (Lipinski definition) is 0. The molecular weight excluding hydrogens is 284 g/mol. The van der Waals surface area contributed by atoms with E-state index in [1.54, 1.807) is 0 Å². The van der Waals surface area contributed by atoms with Gasteiger partial charge in [-0.1, -0.05) is 6.92 Å². The Morgan fingerprint density at radius 2 is 1.35 bits per heavy atom. The predicted molar refractivity (Wildman–Crippen MR) is 97.9 cm³/mol. The zero-order valence-electron chi connectivity index (χ0n) is 15.6. The molecule has 3 aliphatic rings. The quantitative estimate of drug-likeness (QED) is 0.763. The van der Waals surface area contributed by atoms with Crippen LogP contribution in [-0.4, -0.2) is 98.6 Å². The largest absolute Gasteiger partial charge is 0.304 e. The van der Waals surface area contributed by atoms with Crippen molar-refractivity contribution in [1.82, 2.24) is 19.6 Å². The van der Waals surface area contributed by atoms with E-state index >= 15 is 0 Å². The lowest BCUT2D eigenvalue weighted by Crippen LogP contribution is -2.48. The van der Waals surface area contributed by atoms with Crippen LogP contribution >= 0.6 is 0 Å². The minimum absolute atomic E-state index is 0.929. The Bertz CT molecular complexity index is 332. The molecule has 0 N–H and O–H groups in total. The smallest absolute Gasteiger partial charge is 0.0110 e. The summed E-state index contributed by atoms with van der Waals surface area (Å²) in [4.78, 5) is 10.6. The molecule has 4 nitrogen and oxygen atoms in total. The maximum Gasteiger partial charge on any atom is 0.0110 e. The van der Waals surface area contributed by atoms with Crippen molar-refractivity contribution in [1.29, 1.82) is 0 Å². The van der Waals surface area contributed by atoms with Crippen LogP contribution in [0.5, 0.6) is 0 Å².